The van der Waals surface area contributed by atoms with Crippen molar-refractivity contribution in [1.29, 1.82) is 0 Å². The Balaban J connectivity index is 2.52. The van der Waals surface area contributed by atoms with E-state index in [0.717, 1.165) is 26.9 Å². The van der Waals surface area contributed by atoms with Crippen LogP contribution >= 0.6 is 0 Å². The molecule has 0 aliphatic rings. The number of halogens is 8. The van der Waals surface area contributed by atoms with Crippen molar-refractivity contribution in [2.45, 2.75) is 57.2 Å². The van der Waals surface area contributed by atoms with Crippen molar-refractivity contribution in [3.8, 4) is 5.82 Å². The molecule has 0 unspecified atom stereocenters. The molecule has 2 rings (SSSR count). The number of aliphatic hydroxyl groups is 1. The smallest absolute Gasteiger partial charge is 0.427 e. The van der Waals surface area contributed by atoms with Gasteiger partial charge < -0.3 is 9.76 Å². The van der Waals surface area contributed by atoms with E-state index in [1.54, 1.807) is 0 Å². The Labute approximate surface area is 172 Å². The normalized spacial score (nSPS) is 14.3. The number of hydrogen-bond donors (Lipinski definition) is 1. The van der Waals surface area contributed by atoms with Crippen molar-refractivity contribution in [1.82, 2.24) is 19.6 Å². The molecular formula is C16H18BF8N4O2. The third-order valence-corrected chi connectivity index (χ3v) is 4.74. The van der Waals surface area contributed by atoms with Crippen LogP contribution in [0, 0.1) is 0 Å². The zero-order valence-electron chi connectivity index (χ0n) is 16.9. The summed E-state index contributed by atoms with van der Waals surface area (Å²) in [7, 11) is 1.83. The summed E-state index contributed by atoms with van der Waals surface area (Å²) in [5, 5.41) is 16.5. The second kappa shape index (κ2) is 7.47. The minimum absolute atomic E-state index is 0.0516. The predicted octanol–water partition coefficient (Wildman–Crippen LogP) is 3.09. The van der Waals surface area contributed by atoms with Crippen molar-refractivity contribution in [3.05, 3.63) is 23.7 Å². The van der Waals surface area contributed by atoms with Gasteiger partial charge in [-0.1, -0.05) is 0 Å². The van der Waals surface area contributed by atoms with Gasteiger partial charge in [-0.3, -0.25) is 0 Å². The van der Waals surface area contributed by atoms with Gasteiger partial charge in [0.25, 0.3) is 0 Å². The number of nitrogens with zero attached hydrogens (tertiary/aromatic N) is 4. The third kappa shape index (κ3) is 4.71. The van der Waals surface area contributed by atoms with Gasteiger partial charge in [-0.05, 0) is 33.2 Å². The molecular weight excluding hydrogens is 443 g/mol. The lowest BCUT2D eigenvalue weighted by molar-refractivity contribution is -0.292. The fraction of sp³-hybridized carbons (Fsp3) is 0.625. The molecule has 6 nitrogen and oxygen atoms in total. The maximum atomic E-state index is 13.8. The first kappa shape index (κ1) is 25.1. The lowest BCUT2D eigenvalue weighted by Gasteiger charge is -2.37. The summed E-state index contributed by atoms with van der Waals surface area (Å²) in [5.41, 5.74) is -7.16. The van der Waals surface area contributed by atoms with E-state index in [4.69, 9.17) is 4.65 Å². The van der Waals surface area contributed by atoms with Crippen molar-refractivity contribution in [2.24, 2.45) is 7.05 Å². The van der Waals surface area contributed by atoms with Gasteiger partial charge in [0, 0.05) is 19.4 Å². The molecule has 2 aromatic heterocycles. The standard InChI is InChI=1S/C16H18BF8N4O2/c1-12(2,30)13(3,4)31-17-8-6-26-29(7-8)11-9(15(20,21)22)10(27-28(11)5)14(18,19)16(23,24)25/h6-7,30H,1-5H3. The first-order chi connectivity index (χ1) is 13.7. The number of rotatable bonds is 6. The van der Waals surface area contributed by atoms with E-state index < -0.39 is 46.6 Å². The van der Waals surface area contributed by atoms with Crippen LogP contribution in [0.2, 0.25) is 0 Å². The summed E-state index contributed by atoms with van der Waals surface area (Å²) in [6.07, 6.45) is -9.97. The molecule has 31 heavy (non-hydrogen) atoms. The average molecular weight is 461 g/mol. The molecule has 0 amide bonds. The van der Waals surface area contributed by atoms with Crippen molar-refractivity contribution < 1.29 is 44.9 Å². The number of alkyl halides is 8. The fourth-order valence-corrected chi connectivity index (χ4v) is 2.27. The minimum atomic E-state index is -6.29. The van der Waals surface area contributed by atoms with Crippen LogP contribution in [-0.4, -0.2) is 49.5 Å². The molecule has 15 heteroatoms. The van der Waals surface area contributed by atoms with Gasteiger partial charge in [0.2, 0.25) is 0 Å². The summed E-state index contributed by atoms with van der Waals surface area (Å²) < 4.78 is 112. The first-order valence-corrected chi connectivity index (χ1v) is 8.58. The van der Waals surface area contributed by atoms with Crippen molar-refractivity contribution in [2.75, 3.05) is 0 Å². The molecule has 0 spiro atoms. The van der Waals surface area contributed by atoms with Crippen LogP contribution < -0.4 is 5.46 Å². The lowest BCUT2D eigenvalue weighted by atomic mass is 9.84. The number of aryl methyl sites for hydroxylation is 1. The Morgan fingerprint density at radius 2 is 1.55 bits per heavy atom. The summed E-state index contributed by atoms with van der Waals surface area (Å²) in [6.45, 7) is 5.97. The lowest BCUT2D eigenvalue weighted by Crippen LogP contribution is -2.49. The highest BCUT2D eigenvalue weighted by atomic mass is 19.4. The van der Waals surface area contributed by atoms with Crippen LogP contribution in [0.15, 0.2) is 12.4 Å². The third-order valence-electron chi connectivity index (χ3n) is 4.74. The molecule has 1 N–H and O–H groups in total. The van der Waals surface area contributed by atoms with Gasteiger partial charge in [-0.2, -0.15) is 45.3 Å². The molecule has 0 bridgehead atoms. The highest BCUT2D eigenvalue weighted by molar-refractivity contribution is 6.46. The molecule has 173 valence electrons. The van der Waals surface area contributed by atoms with Crippen molar-refractivity contribution >= 4 is 12.9 Å². The first-order valence-electron chi connectivity index (χ1n) is 8.58. The van der Waals surface area contributed by atoms with E-state index >= 15 is 0 Å². The van der Waals surface area contributed by atoms with Crippen LogP contribution in [0.1, 0.15) is 39.0 Å². The summed E-state index contributed by atoms with van der Waals surface area (Å²) in [5.74, 6) is -7.00. The number of hydrogen-bond acceptors (Lipinski definition) is 4. The van der Waals surface area contributed by atoms with E-state index in [0.29, 0.717) is 4.68 Å². The zero-order valence-corrected chi connectivity index (χ0v) is 16.9. The van der Waals surface area contributed by atoms with Crippen molar-refractivity contribution in [3.63, 3.8) is 0 Å². The highest BCUT2D eigenvalue weighted by Crippen LogP contribution is 2.49. The van der Waals surface area contributed by atoms with Gasteiger partial charge in [0.05, 0.1) is 11.2 Å². The van der Waals surface area contributed by atoms with Crippen LogP contribution in [0.4, 0.5) is 35.1 Å². The van der Waals surface area contributed by atoms with E-state index in [1.807, 2.05) is 0 Å². The second-order valence-corrected chi connectivity index (χ2v) is 7.76. The van der Waals surface area contributed by atoms with Gasteiger partial charge in [0.1, 0.15) is 5.56 Å². The number of aromatic nitrogens is 4. The van der Waals surface area contributed by atoms with E-state index in [9.17, 15) is 40.2 Å². The monoisotopic (exact) mass is 461 g/mol. The molecule has 0 aliphatic heterocycles. The molecule has 0 fully saturated rings. The summed E-state index contributed by atoms with van der Waals surface area (Å²) >= 11 is 0. The van der Waals surface area contributed by atoms with Crippen LogP contribution in [0.5, 0.6) is 0 Å². The van der Waals surface area contributed by atoms with E-state index in [1.165, 1.54) is 27.7 Å². The van der Waals surface area contributed by atoms with Crippen LogP contribution in [0.25, 0.3) is 5.82 Å². The molecule has 2 heterocycles. The maximum absolute atomic E-state index is 13.8. The zero-order chi connectivity index (χ0) is 24.2. The quantitative estimate of drug-likeness (QED) is 0.531. The molecule has 0 aliphatic carbocycles. The maximum Gasteiger partial charge on any atom is 0.459 e. The van der Waals surface area contributed by atoms with E-state index in [2.05, 4.69) is 10.2 Å². The Morgan fingerprint density at radius 3 is 2.00 bits per heavy atom. The molecule has 0 saturated carbocycles. The van der Waals surface area contributed by atoms with Gasteiger partial charge in [-0.25, -0.2) is 9.36 Å². The molecule has 2 aromatic rings. The Bertz CT molecular complexity index is 941. The topological polar surface area (TPSA) is 65.1 Å². The van der Waals surface area contributed by atoms with Crippen LogP contribution in [-0.2, 0) is 23.8 Å². The minimum Gasteiger partial charge on any atom is -0.427 e. The van der Waals surface area contributed by atoms with Crippen LogP contribution in [0.3, 0.4) is 0 Å². The Hall–Kier alpha value is -2.16. The Morgan fingerprint density at radius 1 is 1.00 bits per heavy atom. The molecule has 0 saturated heterocycles. The summed E-state index contributed by atoms with van der Waals surface area (Å²) in [6, 6.07) is 0. The SMILES string of the molecule is Cn1nc(C(F)(F)C(F)(F)F)c(C(F)(F)F)c1-n1cc([B]OC(C)(C)C(C)(C)O)cn1. The van der Waals surface area contributed by atoms with Gasteiger partial charge in [0.15, 0.2) is 11.5 Å². The average Bonchev–Trinajstić information content (AvgIpc) is 3.14. The predicted molar refractivity (Wildman–Crippen MR) is 92.1 cm³/mol. The molecule has 0 aromatic carbocycles. The fourth-order valence-electron chi connectivity index (χ4n) is 2.27. The van der Waals surface area contributed by atoms with Gasteiger partial charge >= 0.3 is 25.8 Å². The summed E-state index contributed by atoms with van der Waals surface area (Å²) in [4.78, 5) is 0. The largest absolute Gasteiger partial charge is 0.459 e. The molecule has 1 radical (unpaired) electrons. The van der Waals surface area contributed by atoms with Gasteiger partial charge in [-0.15, -0.1) is 0 Å². The Kier molecular flexibility index (Phi) is 6.05. The second-order valence-electron chi connectivity index (χ2n) is 7.76. The molecule has 0 atom stereocenters. The highest BCUT2D eigenvalue weighted by Gasteiger charge is 2.64. The van der Waals surface area contributed by atoms with E-state index in [-0.39, 0.29) is 10.1 Å².